The summed E-state index contributed by atoms with van der Waals surface area (Å²) in [4.78, 5) is 13.8. The summed E-state index contributed by atoms with van der Waals surface area (Å²) < 4.78 is 0. The van der Waals surface area contributed by atoms with Crippen LogP contribution < -0.4 is 5.32 Å². The second kappa shape index (κ2) is 6.34. The second-order valence-electron chi connectivity index (χ2n) is 4.79. The van der Waals surface area contributed by atoms with E-state index in [-0.39, 0.29) is 10.7 Å². The molecular weight excluding hydrogens is 292 g/mol. The van der Waals surface area contributed by atoms with Crippen LogP contribution in [0.5, 0.6) is 0 Å². The Balaban J connectivity index is 1.90. The number of hydrogen-bond acceptors (Lipinski definition) is 2. The lowest BCUT2D eigenvalue weighted by Gasteiger charge is -2.15. The van der Waals surface area contributed by atoms with Gasteiger partial charge in [0, 0.05) is 12.2 Å². The molecule has 1 aliphatic rings. The molecule has 0 aliphatic carbocycles. The number of hydrogen-bond donors (Lipinski definition) is 1. The number of amides is 1. The molecular formula is C14H19BrN2O. The summed E-state index contributed by atoms with van der Waals surface area (Å²) in [7, 11) is 0. The maximum absolute atomic E-state index is 11.5. The fraction of sp³-hybridized carbons (Fsp3) is 0.500. The number of carbonyl (C=O) groups excluding carboxylic acids is 1. The Morgan fingerprint density at radius 1 is 1.33 bits per heavy atom. The Morgan fingerprint density at radius 2 is 1.94 bits per heavy atom. The van der Waals surface area contributed by atoms with E-state index in [9.17, 15) is 4.79 Å². The van der Waals surface area contributed by atoms with E-state index >= 15 is 0 Å². The number of nitrogens with one attached hydrogen (secondary N) is 1. The molecule has 0 radical (unpaired) electrons. The Hall–Kier alpha value is -0.870. The van der Waals surface area contributed by atoms with Crippen molar-refractivity contribution >= 4 is 27.5 Å². The summed E-state index contributed by atoms with van der Waals surface area (Å²) >= 11 is 3.25. The predicted octanol–water partition coefficient (Wildman–Crippen LogP) is 3.00. The summed E-state index contributed by atoms with van der Waals surface area (Å²) in [5, 5.41) is 2.86. The Morgan fingerprint density at radius 3 is 2.50 bits per heavy atom. The van der Waals surface area contributed by atoms with Gasteiger partial charge in [0.05, 0.1) is 4.83 Å². The third-order valence-corrected chi connectivity index (χ3v) is 3.60. The van der Waals surface area contributed by atoms with Crippen LogP contribution in [-0.2, 0) is 11.3 Å². The first-order valence-corrected chi connectivity index (χ1v) is 7.33. The van der Waals surface area contributed by atoms with Crippen LogP contribution in [0.2, 0.25) is 0 Å². The van der Waals surface area contributed by atoms with Gasteiger partial charge in [-0.25, -0.2) is 0 Å². The van der Waals surface area contributed by atoms with Crippen molar-refractivity contribution in [3.63, 3.8) is 0 Å². The van der Waals surface area contributed by atoms with Crippen LogP contribution in [0.4, 0.5) is 5.69 Å². The zero-order chi connectivity index (χ0) is 13.0. The third kappa shape index (κ3) is 3.82. The van der Waals surface area contributed by atoms with Crippen molar-refractivity contribution in [2.75, 3.05) is 18.4 Å². The van der Waals surface area contributed by atoms with Gasteiger partial charge in [-0.05, 0) is 50.6 Å². The first-order chi connectivity index (χ1) is 8.65. The molecule has 1 aliphatic heterocycles. The molecule has 0 bridgehead atoms. The van der Waals surface area contributed by atoms with Gasteiger partial charge in [-0.1, -0.05) is 28.1 Å². The van der Waals surface area contributed by atoms with Crippen molar-refractivity contribution in [2.24, 2.45) is 0 Å². The molecule has 1 aromatic carbocycles. The Labute approximate surface area is 117 Å². The fourth-order valence-corrected chi connectivity index (χ4v) is 2.25. The van der Waals surface area contributed by atoms with Crippen LogP contribution in [0.1, 0.15) is 25.3 Å². The molecule has 2 rings (SSSR count). The van der Waals surface area contributed by atoms with Crippen LogP contribution in [0, 0.1) is 0 Å². The SMILES string of the molecule is CC(Br)C(=O)Nc1ccc(CN2CCCC2)cc1. The molecule has 98 valence electrons. The van der Waals surface area contributed by atoms with Crippen LogP contribution in [0.25, 0.3) is 0 Å². The first-order valence-electron chi connectivity index (χ1n) is 6.41. The van der Waals surface area contributed by atoms with Gasteiger partial charge in [0.2, 0.25) is 5.91 Å². The van der Waals surface area contributed by atoms with E-state index in [2.05, 4.69) is 38.3 Å². The lowest BCUT2D eigenvalue weighted by molar-refractivity contribution is -0.115. The zero-order valence-electron chi connectivity index (χ0n) is 10.7. The van der Waals surface area contributed by atoms with Crippen molar-refractivity contribution in [1.29, 1.82) is 0 Å². The maximum atomic E-state index is 11.5. The van der Waals surface area contributed by atoms with Gasteiger partial charge < -0.3 is 5.32 Å². The Kier molecular flexibility index (Phi) is 4.78. The molecule has 0 saturated carbocycles. The highest BCUT2D eigenvalue weighted by molar-refractivity contribution is 9.10. The Bertz CT molecular complexity index is 397. The first kappa shape index (κ1) is 13.6. The number of alkyl halides is 1. The molecule has 1 amide bonds. The number of anilines is 1. The van der Waals surface area contributed by atoms with Gasteiger partial charge in [-0.15, -0.1) is 0 Å². The van der Waals surface area contributed by atoms with Crippen LogP contribution in [0.3, 0.4) is 0 Å². The lowest BCUT2D eigenvalue weighted by Crippen LogP contribution is -2.20. The fourth-order valence-electron chi connectivity index (χ4n) is 2.13. The monoisotopic (exact) mass is 310 g/mol. The molecule has 0 aromatic heterocycles. The molecule has 0 spiro atoms. The minimum Gasteiger partial charge on any atom is -0.325 e. The minimum atomic E-state index is -0.165. The standard InChI is InChI=1S/C14H19BrN2O/c1-11(15)14(18)16-13-6-4-12(5-7-13)10-17-8-2-3-9-17/h4-7,11H,2-3,8-10H2,1H3,(H,16,18). The largest absolute Gasteiger partial charge is 0.325 e. The number of carbonyl (C=O) groups is 1. The molecule has 1 unspecified atom stereocenters. The topological polar surface area (TPSA) is 32.3 Å². The summed E-state index contributed by atoms with van der Waals surface area (Å²) in [6.07, 6.45) is 2.63. The highest BCUT2D eigenvalue weighted by Gasteiger charge is 2.12. The van der Waals surface area contributed by atoms with Crippen molar-refractivity contribution in [3.05, 3.63) is 29.8 Å². The molecule has 1 aromatic rings. The quantitative estimate of drug-likeness (QED) is 0.867. The number of benzene rings is 1. The van der Waals surface area contributed by atoms with Gasteiger partial charge in [0.1, 0.15) is 0 Å². The minimum absolute atomic E-state index is 0.0118. The van der Waals surface area contributed by atoms with Crippen molar-refractivity contribution in [1.82, 2.24) is 4.90 Å². The summed E-state index contributed by atoms with van der Waals surface area (Å²) in [6.45, 7) is 5.25. The van der Waals surface area contributed by atoms with Crippen molar-refractivity contribution in [2.45, 2.75) is 31.1 Å². The summed E-state index contributed by atoms with van der Waals surface area (Å²) in [5.41, 5.74) is 2.17. The average molecular weight is 311 g/mol. The number of nitrogens with zero attached hydrogens (tertiary/aromatic N) is 1. The van der Waals surface area contributed by atoms with E-state index < -0.39 is 0 Å². The molecule has 3 nitrogen and oxygen atoms in total. The van der Waals surface area contributed by atoms with E-state index in [1.807, 2.05) is 19.1 Å². The summed E-state index contributed by atoms with van der Waals surface area (Å²) in [6, 6.07) is 8.12. The molecule has 1 atom stereocenters. The average Bonchev–Trinajstić information content (AvgIpc) is 2.84. The highest BCUT2D eigenvalue weighted by Crippen LogP contribution is 2.15. The highest BCUT2D eigenvalue weighted by atomic mass is 79.9. The van der Waals surface area contributed by atoms with Gasteiger partial charge in [0.25, 0.3) is 0 Å². The summed E-state index contributed by atoms with van der Waals surface area (Å²) in [5.74, 6) is -0.0118. The van der Waals surface area contributed by atoms with E-state index in [4.69, 9.17) is 0 Å². The van der Waals surface area contributed by atoms with Gasteiger partial charge >= 0.3 is 0 Å². The van der Waals surface area contributed by atoms with Crippen molar-refractivity contribution < 1.29 is 4.79 Å². The van der Waals surface area contributed by atoms with Gasteiger partial charge in [-0.3, -0.25) is 9.69 Å². The lowest BCUT2D eigenvalue weighted by atomic mass is 10.2. The van der Waals surface area contributed by atoms with Crippen LogP contribution in [0.15, 0.2) is 24.3 Å². The van der Waals surface area contributed by atoms with Crippen molar-refractivity contribution in [3.8, 4) is 0 Å². The number of halogens is 1. The zero-order valence-corrected chi connectivity index (χ0v) is 12.2. The molecule has 1 N–H and O–H groups in total. The van der Waals surface area contributed by atoms with Crippen LogP contribution >= 0.6 is 15.9 Å². The molecule has 1 saturated heterocycles. The normalized spacial score (nSPS) is 17.7. The van der Waals surface area contributed by atoms with Crippen LogP contribution in [-0.4, -0.2) is 28.7 Å². The van der Waals surface area contributed by atoms with Gasteiger partial charge in [0.15, 0.2) is 0 Å². The second-order valence-corrected chi connectivity index (χ2v) is 6.16. The predicted molar refractivity (Wildman–Crippen MR) is 78.0 cm³/mol. The third-order valence-electron chi connectivity index (χ3n) is 3.19. The van der Waals surface area contributed by atoms with E-state index in [0.29, 0.717) is 0 Å². The van der Waals surface area contributed by atoms with E-state index in [1.54, 1.807) is 0 Å². The van der Waals surface area contributed by atoms with E-state index in [1.165, 1.54) is 31.5 Å². The number of likely N-dealkylation sites (tertiary alicyclic amines) is 1. The molecule has 18 heavy (non-hydrogen) atoms. The van der Waals surface area contributed by atoms with Gasteiger partial charge in [-0.2, -0.15) is 0 Å². The number of rotatable bonds is 4. The maximum Gasteiger partial charge on any atom is 0.237 e. The molecule has 4 heteroatoms. The molecule has 1 fully saturated rings. The van der Waals surface area contributed by atoms with E-state index in [0.717, 1.165) is 12.2 Å². The molecule has 1 heterocycles. The smallest absolute Gasteiger partial charge is 0.237 e.